The minimum absolute atomic E-state index is 0.131. The van der Waals surface area contributed by atoms with Gasteiger partial charge in [0.15, 0.2) is 5.78 Å². The number of nitrogens with one attached hydrogen (secondary N) is 1. The lowest BCUT2D eigenvalue weighted by atomic mass is 9.92. The number of allylic oxidation sites excluding steroid dienone is 1. The van der Waals surface area contributed by atoms with Gasteiger partial charge >= 0.3 is 0 Å². The van der Waals surface area contributed by atoms with E-state index in [1.54, 1.807) is 12.1 Å². The summed E-state index contributed by atoms with van der Waals surface area (Å²) in [6, 6.07) is 21.7. The van der Waals surface area contributed by atoms with Gasteiger partial charge in [0.1, 0.15) is 6.04 Å². The SMILES string of the molecule is CC(=O)[C@@H](NC(=O)C1=C(C)N(c2ccc(Cl)c(Cl)c2)Cc2ccccc21)c1ccccc1. The van der Waals surface area contributed by atoms with Gasteiger partial charge in [-0.25, -0.2) is 0 Å². The fourth-order valence-electron chi connectivity index (χ4n) is 4.01. The number of anilines is 1. The number of ketones is 1. The largest absolute Gasteiger partial charge is 0.340 e. The van der Waals surface area contributed by atoms with E-state index in [1.165, 1.54) is 6.92 Å². The van der Waals surface area contributed by atoms with Crippen LogP contribution in [-0.4, -0.2) is 11.7 Å². The summed E-state index contributed by atoms with van der Waals surface area (Å²) in [6.07, 6.45) is 0. The Morgan fingerprint density at radius 3 is 2.31 bits per heavy atom. The van der Waals surface area contributed by atoms with Gasteiger partial charge < -0.3 is 10.2 Å². The Labute approximate surface area is 197 Å². The summed E-state index contributed by atoms with van der Waals surface area (Å²) in [5.74, 6) is -0.433. The van der Waals surface area contributed by atoms with E-state index >= 15 is 0 Å². The molecule has 0 unspecified atom stereocenters. The Hall–Kier alpha value is -3.08. The summed E-state index contributed by atoms with van der Waals surface area (Å²) in [4.78, 5) is 28.0. The fraction of sp³-hybridized carbons (Fsp3) is 0.154. The number of Topliss-reactive ketones (excluding diaryl/α,β-unsaturated/α-hetero) is 1. The Bertz CT molecular complexity index is 1220. The van der Waals surface area contributed by atoms with Gasteiger partial charge in [-0.05, 0) is 48.7 Å². The van der Waals surface area contributed by atoms with E-state index in [1.807, 2.05) is 72.5 Å². The predicted octanol–water partition coefficient (Wildman–Crippen LogP) is 6.19. The van der Waals surface area contributed by atoms with E-state index in [-0.39, 0.29) is 11.7 Å². The molecule has 0 saturated heterocycles. The molecule has 1 amide bonds. The molecule has 1 atom stereocenters. The Morgan fingerprint density at radius 1 is 0.938 bits per heavy atom. The highest BCUT2D eigenvalue weighted by Gasteiger charge is 2.30. The van der Waals surface area contributed by atoms with Crippen molar-refractivity contribution < 1.29 is 9.59 Å². The number of nitrogens with zero attached hydrogens (tertiary/aromatic N) is 1. The first-order chi connectivity index (χ1) is 15.4. The minimum Gasteiger partial charge on any atom is -0.340 e. The van der Waals surface area contributed by atoms with Gasteiger partial charge in [-0.15, -0.1) is 0 Å². The van der Waals surface area contributed by atoms with Crippen molar-refractivity contribution in [2.75, 3.05) is 4.90 Å². The third-order valence-corrected chi connectivity index (χ3v) is 6.38. The van der Waals surface area contributed by atoms with Crippen LogP contribution in [-0.2, 0) is 16.1 Å². The van der Waals surface area contributed by atoms with E-state index in [2.05, 4.69) is 5.32 Å². The van der Waals surface area contributed by atoms with Gasteiger partial charge in [-0.1, -0.05) is 77.8 Å². The number of carbonyl (C=O) groups is 2. The van der Waals surface area contributed by atoms with Gasteiger partial charge in [-0.3, -0.25) is 9.59 Å². The van der Waals surface area contributed by atoms with Crippen LogP contribution >= 0.6 is 23.2 Å². The van der Waals surface area contributed by atoms with Crippen LogP contribution in [0.2, 0.25) is 10.0 Å². The molecule has 3 aromatic rings. The number of amides is 1. The Morgan fingerprint density at radius 2 is 1.62 bits per heavy atom. The Kier molecular flexibility index (Phi) is 6.35. The van der Waals surface area contributed by atoms with Gasteiger partial charge in [-0.2, -0.15) is 0 Å². The quantitative estimate of drug-likeness (QED) is 0.489. The van der Waals surface area contributed by atoms with Crippen molar-refractivity contribution in [2.45, 2.75) is 26.4 Å². The van der Waals surface area contributed by atoms with Gasteiger partial charge in [0.25, 0.3) is 5.91 Å². The molecule has 1 aliphatic rings. The molecule has 4 rings (SSSR count). The third-order valence-electron chi connectivity index (χ3n) is 5.64. The number of hydrogen-bond donors (Lipinski definition) is 1. The highest BCUT2D eigenvalue weighted by atomic mass is 35.5. The molecule has 4 nitrogen and oxygen atoms in total. The van der Waals surface area contributed by atoms with Crippen molar-refractivity contribution in [2.24, 2.45) is 0 Å². The molecule has 1 heterocycles. The van der Waals surface area contributed by atoms with E-state index in [4.69, 9.17) is 23.2 Å². The summed E-state index contributed by atoms with van der Waals surface area (Å²) in [5.41, 5.74) is 4.75. The van der Waals surface area contributed by atoms with Crippen molar-refractivity contribution in [3.05, 3.63) is 105 Å². The second kappa shape index (κ2) is 9.19. The van der Waals surface area contributed by atoms with E-state index in [9.17, 15) is 9.59 Å². The molecule has 0 aromatic heterocycles. The number of halogens is 2. The zero-order chi connectivity index (χ0) is 22.8. The van der Waals surface area contributed by atoms with Gasteiger partial charge in [0.05, 0.1) is 15.6 Å². The average molecular weight is 465 g/mol. The van der Waals surface area contributed by atoms with Crippen molar-refractivity contribution in [1.29, 1.82) is 0 Å². The molecule has 0 spiro atoms. The summed E-state index contributed by atoms with van der Waals surface area (Å²) in [5, 5.41) is 3.86. The summed E-state index contributed by atoms with van der Waals surface area (Å²) < 4.78 is 0. The number of benzene rings is 3. The lowest BCUT2D eigenvalue weighted by Gasteiger charge is -2.34. The Balaban J connectivity index is 1.77. The molecule has 0 fully saturated rings. The molecule has 0 saturated carbocycles. The van der Waals surface area contributed by atoms with E-state index < -0.39 is 6.04 Å². The first kappa shape index (κ1) is 22.1. The smallest absolute Gasteiger partial charge is 0.254 e. The normalized spacial score (nSPS) is 14.1. The molecular formula is C26H22Cl2N2O2. The lowest BCUT2D eigenvalue weighted by Crippen LogP contribution is -2.37. The van der Waals surface area contributed by atoms with Crippen LogP contribution in [0.15, 0.2) is 78.5 Å². The number of fused-ring (bicyclic) bond motifs is 1. The van der Waals surface area contributed by atoms with E-state index in [0.717, 1.165) is 28.1 Å². The van der Waals surface area contributed by atoms with Crippen LogP contribution in [0.5, 0.6) is 0 Å². The van der Waals surface area contributed by atoms with Crippen molar-refractivity contribution >= 4 is 46.2 Å². The third kappa shape index (κ3) is 4.29. The van der Waals surface area contributed by atoms with Crippen LogP contribution < -0.4 is 10.2 Å². The highest BCUT2D eigenvalue weighted by molar-refractivity contribution is 6.42. The molecular weight excluding hydrogens is 443 g/mol. The second-order valence-corrected chi connectivity index (χ2v) is 8.54. The van der Waals surface area contributed by atoms with Crippen LogP contribution in [0.3, 0.4) is 0 Å². The molecule has 1 aliphatic heterocycles. The maximum absolute atomic E-state index is 13.6. The summed E-state index contributed by atoms with van der Waals surface area (Å²) in [6.45, 7) is 3.97. The second-order valence-electron chi connectivity index (χ2n) is 7.73. The van der Waals surface area contributed by atoms with Crippen molar-refractivity contribution in [3.63, 3.8) is 0 Å². The molecule has 0 radical (unpaired) electrons. The van der Waals surface area contributed by atoms with Crippen LogP contribution in [0.4, 0.5) is 5.69 Å². The lowest BCUT2D eigenvalue weighted by molar-refractivity contribution is -0.124. The monoisotopic (exact) mass is 464 g/mol. The molecule has 162 valence electrons. The minimum atomic E-state index is -0.725. The molecule has 3 aromatic carbocycles. The van der Waals surface area contributed by atoms with Gasteiger partial charge in [0.2, 0.25) is 0 Å². The first-order valence-corrected chi connectivity index (χ1v) is 11.0. The standard InChI is InChI=1S/C26H22Cl2N2O2/c1-16-24(26(32)29-25(17(2)31)18-8-4-3-5-9-18)21-11-7-6-10-19(21)15-30(16)20-12-13-22(27)23(28)14-20/h3-14,25H,15H2,1-2H3,(H,29,32)/t25-/m1/s1. The fourth-order valence-corrected chi connectivity index (χ4v) is 4.31. The number of carbonyl (C=O) groups excluding carboxylic acids is 2. The first-order valence-electron chi connectivity index (χ1n) is 10.2. The van der Waals surface area contributed by atoms with Crippen LogP contribution in [0.1, 0.15) is 36.6 Å². The molecule has 6 heteroatoms. The number of hydrogen-bond acceptors (Lipinski definition) is 3. The molecule has 1 N–H and O–H groups in total. The number of rotatable bonds is 5. The molecule has 0 bridgehead atoms. The highest BCUT2D eigenvalue weighted by Crippen LogP contribution is 2.37. The summed E-state index contributed by atoms with van der Waals surface area (Å²) >= 11 is 12.4. The average Bonchev–Trinajstić information content (AvgIpc) is 2.79. The zero-order valence-electron chi connectivity index (χ0n) is 17.7. The maximum Gasteiger partial charge on any atom is 0.254 e. The maximum atomic E-state index is 13.6. The van der Waals surface area contributed by atoms with E-state index in [0.29, 0.717) is 22.2 Å². The molecule has 0 aliphatic carbocycles. The zero-order valence-corrected chi connectivity index (χ0v) is 19.2. The van der Waals surface area contributed by atoms with Crippen molar-refractivity contribution in [3.8, 4) is 0 Å². The topological polar surface area (TPSA) is 49.4 Å². The molecule has 32 heavy (non-hydrogen) atoms. The van der Waals surface area contributed by atoms with Crippen molar-refractivity contribution in [1.82, 2.24) is 5.32 Å². The van der Waals surface area contributed by atoms with Gasteiger partial charge in [0, 0.05) is 17.9 Å². The summed E-state index contributed by atoms with van der Waals surface area (Å²) in [7, 11) is 0. The predicted molar refractivity (Wildman–Crippen MR) is 130 cm³/mol. The van der Waals surface area contributed by atoms with Crippen LogP contribution in [0, 0.1) is 0 Å². The van der Waals surface area contributed by atoms with Crippen LogP contribution in [0.25, 0.3) is 5.57 Å².